The van der Waals surface area contributed by atoms with Crippen LogP contribution < -0.4 is 5.32 Å². The van der Waals surface area contributed by atoms with Gasteiger partial charge in [0.1, 0.15) is 0 Å². The maximum absolute atomic E-state index is 12.2. The third-order valence-corrected chi connectivity index (χ3v) is 3.15. The Balaban J connectivity index is 1.99. The van der Waals surface area contributed by atoms with Gasteiger partial charge in [0.05, 0.1) is 12.0 Å². The van der Waals surface area contributed by atoms with Gasteiger partial charge >= 0.3 is 12.1 Å². The summed E-state index contributed by atoms with van der Waals surface area (Å²) in [4.78, 5) is 11.8. The number of hydrogen-bond donors (Lipinski definition) is 1. The number of hydrogen-bond acceptors (Lipinski definition) is 4. The van der Waals surface area contributed by atoms with Gasteiger partial charge in [0.15, 0.2) is 6.23 Å². The summed E-state index contributed by atoms with van der Waals surface area (Å²) in [6.07, 6.45) is -9.01. The summed E-state index contributed by atoms with van der Waals surface area (Å²) in [5.74, 6) is -2.34. The van der Waals surface area contributed by atoms with Crippen LogP contribution in [0, 0.1) is 5.41 Å². The van der Waals surface area contributed by atoms with Gasteiger partial charge in [0, 0.05) is 19.6 Å². The maximum atomic E-state index is 12.2. The molecule has 2 saturated heterocycles. The number of nitrogens with one attached hydrogen (secondary N) is 1. The van der Waals surface area contributed by atoms with Gasteiger partial charge in [-0.2, -0.15) is 13.2 Å². The van der Waals surface area contributed by atoms with Crippen molar-refractivity contribution in [2.75, 3.05) is 26.2 Å². The fourth-order valence-electron chi connectivity index (χ4n) is 2.28. The van der Waals surface area contributed by atoms with Gasteiger partial charge in [-0.1, -0.05) is 0 Å². The summed E-state index contributed by atoms with van der Waals surface area (Å²) in [6.45, 7) is 0.239. The Bertz CT molecular complexity index is 342. The van der Waals surface area contributed by atoms with Crippen LogP contribution >= 0.6 is 0 Å². The Kier molecular flexibility index (Phi) is 3.22. The van der Waals surface area contributed by atoms with Gasteiger partial charge < -0.3 is 10.1 Å². The molecule has 0 aliphatic carbocycles. The molecule has 9 heteroatoms. The molecule has 104 valence electrons. The monoisotopic (exact) mass is 274 g/mol. The van der Waals surface area contributed by atoms with Gasteiger partial charge in [0.25, 0.3) is 6.43 Å². The fraction of sp³-hybridized carbons (Fsp3) is 0.889. The molecular weight excluding hydrogens is 263 g/mol. The highest BCUT2D eigenvalue weighted by Gasteiger charge is 2.60. The molecule has 2 rings (SSSR count). The second kappa shape index (κ2) is 4.30. The Morgan fingerprint density at radius 2 is 2.06 bits per heavy atom. The normalized spacial score (nSPS) is 26.9. The van der Waals surface area contributed by atoms with Crippen molar-refractivity contribution in [2.45, 2.75) is 18.8 Å². The van der Waals surface area contributed by atoms with Crippen LogP contribution in [0.5, 0.6) is 0 Å². The maximum Gasteiger partial charge on any atom is 0.490 e. The molecule has 0 bridgehead atoms. The molecule has 2 heterocycles. The van der Waals surface area contributed by atoms with E-state index in [4.69, 9.17) is 0 Å². The van der Waals surface area contributed by atoms with E-state index in [1.54, 1.807) is 0 Å². The summed E-state index contributed by atoms with van der Waals surface area (Å²) in [6, 6.07) is 0. The van der Waals surface area contributed by atoms with E-state index >= 15 is 0 Å². The smallest absolute Gasteiger partial charge is 0.439 e. The van der Waals surface area contributed by atoms with Crippen LogP contribution in [0.2, 0.25) is 0 Å². The van der Waals surface area contributed by atoms with Crippen LogP contribution in [0.1, 0.15) is 0 Å². The topological polar surface area (TPSA) is 41.6 Å². The summed E-state index contributed by atoms with van der Waals surface area (Å²) in [5.41, 5.74) is -0.643. The molecule has 2 aliphatic heterocycles. The van der Waals surface area contributed by atoms with Gasteiger partial charge in [0.2, 0.25) is 0 Å². The van der Waals surface area contributed by atoms with Crippen molar-refractivity contribution in [3.63, 3.8) is 0 Å². The van der Waals surface area contributed by atoms with Crippen LogP contribution in [0.3, 0.4) is 0 Å². The first-order valence-electron chi connectivity index (χ1n) is 5.25. The van der Waals surface area contributed by atoms with E-state index < -0.39 is 36.8 Å². The largest absolute Gasteiger partial charge is 0.490 e. The van der Waals surface area contributed by atoms with E-state index in [9.17, 15) is 26.7 Å². The van der Waals surface area contributed by atoms with E-state index in [1.807, 2.05) is 0 Å². The van der Waals surface area contributed by atoms with Gasteiger partial charge in [-0.15, -0.1) is 0 Å². The molecule has 0 radical (unpaired) electrons. The van der Waals surface area contributed by atoms with Crippen molar-refractivity contribution < 1.29 is 31.5 Å². The summed E-state index contributed by atoms with van der Waals surface area (Å²) in [7, 11) is 0. The van der Waals surface area contributed by atoms with Crippen LogP contribution in [0.15, 0.2) is 0 Å². The number of nitrogens with zero attached hydrogens (tertiary/aromatic N) is 1. The van der Waals surface area contributed by atoms with E-state index in [-0.39, 0.29) is 6.54 Å². The van der Waals surface area contributed by atoms with Crippen LogP contribution in [0.4, 0.5) is 22.0 Å². The fourth-order valence-corrected chi connectivity index (χ4v) is 2.28. The summed E-state index contributed by atoms with van der Waals surface area (Å²) < 4.78 is 64.9. The quantitative estimate of drug-likeness (QED) is 0.604. The molecule has 18 heavy (non-hydrogen) atoms. The SMILES string of the molecule is O=C(OC1N(CC(F)F)CC12CNC2)C(F)(F)F. The Morgan fingerprint density at radius 1 is 1.44 bits per heavy atom. The number of esters is 1. The number of carbonyl (C=O) groups excluding carboxylic acids is 1. The summed E-state index contributed by atoms with van der Waals surface area (Å²) >= 11 is 0. The van der Waals surface area contributed by atoms with Crippen molar-refractivity contribution >= 4 is 5.97 Å². The number of alkyl halides is 5. The molecule has 2 aliphatic rings. The van der Waals surface area contributed by atoms with Gasteiger partial charge in [-0.3, -0.25) is 4.90 Å². The average Bonchev–Trinajstić information content (AvgIpc) is 2.15. The average molecular weight is 274 g/mol. The van der Waals surface area contributed by atoms with Crippen LogP contribution in [-0.4, -0.2) is 55.9 Å². The van der Waals surface area contributed by atoms with Crippen molar-refractivity contribution in [3.8, 4) is 0 Å². The molecule has 1 unspecified atom stereocenters. The first-order chi connectivity index (χ1) is 8.24. The van der Waals surface area contributed by atoms with Gasteiger partial charge in [-0.05, 0) is 0 Å². The van der Waals surface area contributed by atoms with Crippen molar-refractivity contribution in [1.82, 2.24) is 10.2 Å². The lowest BCUT2D eigenvalue weighted by atomic mass is 9.72. The lowest BCUT2D eigenvalue weighted by Crippen LogP contribution is -2.78. The first-order valence-corrected chi connectivity index (χ1v) is 5.25. The predicted octanol–water partition coefficient (Wildman–Crippen LogP) is 0.588. The Labute approximate surface area is 99.1 Å². The van der Waals surface area contributed by atoms with E-state index in [0.29, 0.717) is 13.1 Å². The minimum atomic E-state index is -5.11. The van der Waals surface area contributed by atoms with Gasteiger partial charge in [-0.25, -0.2) is 13.6 Å². The Morgan fingerprint density at radius 3 is 2.44 bits per heavy atom. The highest BCUT2D eigenvalue weighted by atomic mass is 19.4. The molecule has 1 spiro atoms. The molecule has 1 N–H and O–H groups in total. The molecule has 0 aromatic rings. The van der Waals surface area contributed by atoms with E-state index in [1.165, 1.54) is 0 Å². The third kappa shape index (κ3) is 2.28. The second-order valence-electron chi connectivity index (χ2n) is 4.54. The number of ether oxygens (including phenoxy) is 1. The third-order valence-electron chi connectivity index (χ3n) is 3.15. The molecule has 0 amide bonds. The van der Waals surface area contributed by atoms with Crippen molar-refractivity contribution in [3.05, 3.63) is 0 Å². The molecule has 2 fully saturated rings. The molecule has 0 aromatic heterocycles. The highest BCUT2D eigenvalue weighted by molar-refractivity contribution is 5.75. The molecule has 1 atom stereocenters. The van der Waals surface area contributed by atoms with Crippen LogP contribution in [0.25, 0.3) is 0 Å². The highest BCUT2D eigenvalue weighted by Crippen LogP contribution is 2.42. The van der Waals surface area contributed by atoms with Crippen molar-refractivity contribution in [1.29, 1.82) is 0 Å². The minimum absolute atomic E-state index is 0.208. The summed E-state index contributed by atoms with van der Waals surface area (Å²) in [5, 5.41) is 2.83. The number of rotatable bonds is 3. The number of halogens is 5. The number of carbonyl (C=O) groups is 1. The molecule has 0 aromatic carbocycles. The zero-order valence-corrected chi connectivity index (χ0v) is 9.14. The molecule has 0 saturated carbocycles. The van der Waals surface area contributed by atoms with E-state index in [0.717, 1.165) is 4.90 Å². The first kappa shape index (κ1) is 13.5. The zero-order valence-electron chi connectivity index (χ0n) is 9.14. The molecular formula is C9H11F5N2O2. The lowest BCUT2D eigenvalue weighted by molar-refractivity contribution is -0.264. The second-order valence-corrected chi connectivity index (χ2v) is 4.54. The molecule has 4 nitrogen and oxygen atoms in total. The van der Waals surface area contributed by atoms with Crippen molar-refractivity contribution in [2.24, 2.45) is 5.41 Å². The minimum Gasteiger partial charge on any atom is -0.439 e. The standard InChI is InChI=1S/C9H11F5N2O2/c10-5(11)1-16-4-8(2-15-3-8)6(16)18-7(17)9(12,13)14/h5-6,15H,1-4H2. The van der Waals surface area contributed by atoms with E-state index in [2.05, 4.69) is 10.1 Å². The predicted molar refractivity (Wildman–Crippen MR) is 48.8 cm³/mol. The lowest BCUT2D eigenvalue weighted by Gasteiger charge is -2.60. The Hall–Kier alpha value is -0.960. The zero-order chi connectivity index (χ0) is 13.6. The van der Waals surface area contributed by atoms with Crippen LogP contribution in [-0.2, 0) is 9.53 Å². The number of likely N-dealkylation sites (tertiary alicyclic amines) is 1.